The van der Waals surface area contributed by atoms with Crippen molar-refractivity contribution in [1.29, 1.82) is 0 Å². The summed E-state index contributed by atoms with van der Waals surface area (Å²) in [6, 6.07) is 5.35. The summed E-state index contributed by atoms with van der Waals surface area (Å²) in [5.41, 5.74) is 0. The Bertz CT molecular complexity index is 828. The Kier molecular flexibility index (Phi) is 5.34. The van der Waals surface area contributed by atoms with Gasteiger partial charge in [-0.3, -0.25) is 0 Å². The fraction of sp³-hybridized carbons (Fsp3) is 0.562. The van der Waals surface area contributed by atoms with E-state index in [1.165, 1.54) is 8.61 Å². The molecule has 2 aliphatic rings. The monoisotopic (exact) mass is 394 g/mol. The van der Waals surface area contributed by atoms with E-state index in [1.54, 1.807) is 29.2 Å². The second kappa shape index (κ2) is 7.89. The van der Waals surface area contributed by atoms with Crippen LogP contribution in [0.3, 0.4) is 0 Å². The van der Waals surface area contributed by atoms with Crippen LogP contribution in [0.5, 0.6) is 5.88 Å². The predicted molar refractivity (Wildman–Crippen MR) is 95.7 cm³/mol. The van der Waals surface area contributed by atoms with E-state index in [0.717, 1.165) is 0 Å². The zero-order valence-corrected chi connectivity index (χ0v) is 15.7. The fourth-order valence-corrected chi connectivity index (χ4v) is 4.80. The highest BCUT2D eigenvalue weighted by Gasteiger charge is 2.34. The Balaban J connectivity index is 1.31. The highest BCUT2D eigenvalue weighted by atomic mass is 32.2. The Morgan fingerprint density at radius 1 is 1.04 bits per heavy atom. The maximum Gasteiger partial charge on any atom is 0.282 e. The summed E-state index contributed by atoms with van der Waals surface area (Å²) in [6.45, 7) is 2.60. The standard InChI is InChI=1S/C16H22N6O4S/c23-27(24,21-10-12-25-13-11-21)20-8-4-14(5-9-20)26-16-3-2-15(18-19-16)22-7-1-6-17-22/h1-3,6-7,14H,4-5,8-13H2. The van der Waals surface area contributed by atoms with Crippen LogP contribution in [0, 0.1) is 0 Å². The van der Waals surface area contributed by atoms with Gasteiger partial charge < -0.3 is 9.47 Å². The number of morpholine rings is 1. The molecule has 0 radical (unpaired) electrons. The first kappa shape index (κ1) is 18.3. The molecule has 2 aromatic heterocycles. The van der Waals surface area contributed by atoms with Gasteiger partial charge in [0.15, 0.2) is 5.82 Å². The number of rotatable bonds is 5. The molecule has 146 valence electrons. The molecule has 0 spiro atoms. The lowest BCUT2D eigenvalue weighted by Crippen LogP contribution is -2.51. The molecule has 0 aliphatic carbocycles. The van der Waals surface area contributed by atoms with Crippen molar-refractivity contribution in [3.05, 3.63) is 30.6 Å². The van der Waals surface area contributed by atoms with Crippen LogP contribution in [0.25, 0.3) is 5.82 Å². The normalized spacial score (nSPS) is 20.6. The largest absolute Gasteiger partial charge is 0.473 e. The fourth-order valence-electron chi connectivity index (χ4n) is 3.19. The van der Waals surface area contributed by atoms with Crippen molar-refractivity contribution >= 4 is 10.2 Å². The molecule has 11 heteroatoms. The van der Waals surface area contributed by atoms with Crippen molar-refractivity contribution in [2.75, 3.05) is 39.4 Å². The summed E-state index contributed by atoms with van der Waals surface area (Å²) < 4.78 is 41.1. The number of ether oxygens (including phenoxy) is 2. The van der Waals surface area contributed by atoms with Crippen LogP contribution in [0.15, 0.2) is 30.6 Å². The molecule has 2 saturated heterocycles. The van der Waals surface area contributed by atoms with Gasteiger partial charge in [-0.05, 0) is 25.0 Å². The Labute approximate surface area is 157 Å². The van der Waals surface area contributed by atoms with E-state index in [-0.39, 0.29) is 6.10 Å². The van der Waals surface area contributed by atoms with Crippen LogP contribution in [-0.2, 0) is 14.9 Å². The van der Waals surface area contributed by atoms with Gasteiger partial charge in [0, 0.05) is 44.6 Å². The molecule has 10 nitrogen and oxygen atoms in total. The van der Waals surface area contributed by atoms with E-state index < -0.39 is 10.2 Å². The Morgan fingerprint density at radius 3 is 2.41 bits per heavy atom. The van der Waals surface area contributed by atoms with Gasteiger partial charge in [-0.25, -0.2) is 4.68 Å². The SMILES string of the molecule is O=S(=O)(N1CCOCC1)N1CCC(Oc2ccc(-n3cccn3)nn2)CC1. The highest BCUT2D eigenvalue weighted by molar-refractivity contribution is 7.86. The summed E-state index contributed by atoms with van der Waals surface area (Å²) in [5.74, 6) is 1.04. The van der Waals surface area contributed by atoms with Crippen LogP contribution in [0.4, 0.5) is 0 Å². The second-order valence-electron chi connectivity index (χ2n) is 6.42. The summed E-state index contributed by atoms with van der Waals surface area (Å²) >= 11 is 0. The van der Waals surface area contributed by atoms with E-state index in [4.69, 9.17) is 9.47 Å². The summed E-state index contributed by atoms with van der Waals surface area (Å²) in [5, 5.41) is 12.3. The lowest BCUT2D eigenvalue weighted by Gasteiger charge is -2.35. The van der Waals surface area contributed by atoms with Crippen LogP contribution in [0.1, 0.15) is 12.8 Å². The third-order valence-corrected chi connectivity index (χ3v) is 6.71. The first-order chi connectivity index (χ1) is 13.1. The number of piperidine rings is 1. The molecule has 0 aromatic carbocycles. The molecule has 0 unspecified atom stereocenters. The molecular weight excluding hydrogens is 372 g/mol. The van der Waals surface area contributed by atoms with E-state index in [1.807, 2.05) is 6.07 Å². The average molecular weight is 394 g/mol. The lowest BCUT2D eigenvalue weighted by atomic mass is 10.1. The number of aromatic nitrogens is 4. The van der Waals surface area contributed by atoms with Crippen molar-refractivity contribution in [3.63, 3.8) is 0 Å². The Hall–Kier alpha value is -2.08. The zero-order chi connectivity index (χ0) is 18.7. The molecule has 2 fully saturated rings. The van der Waals surface area contributed by atoms with Crippen LogP contribution >= 0.6 is 0 Å². The van der Waals surface area contributed by atoms with E-state index in [2.05, 4.69) is 15.3 Å². The van der Waals surface area contributed by atoms with Crippen LogP contribution < -0.4 is 4.74 Å². The molecule has 4 rings (SSSR count). The quantitative estimate of drug-likeness (QED) is 0.708. The number of hydrogen-bond acceptors (Lipinski definition) is 7. The number of hydrogen-bond donors (Lipinski definition) is 0. The van der Waals surface area contributed by atoms with E-state index in [9.17, 15) is 8.42 Å². The van der Waals surface area contributed by atoms with E-state index in [0.29, 0.717) is 63.9 Å². The first-order valence-electron chi connectivity index (χ1n) is 8.96. The minimum Gasteiger partial charge on any atom is -0.473 e. The van der Waals surface area contributed by atoms with E-state index >= 15 is 0 Å². The maximum absolute atomic E-state index is 12.7. The summed E-state index contributed by atoms with van der Waals surface area (Å²) in [7, 11) is -3.42. The van der Waals surface area contributed by atoms with Crippen LogP contribution in [0.2, 0.25) is 0 Å². The average Bonchev–Trinajstić information content (AvgIpc) is 3.25. The van der Waals surface area contributed by atoms with Gasteiger partial charge in [-0.1, -0.05) is 0 Å². The predicted octanol–water partition coefficient (Wildman–Crippen LogP) is 0.0825. The molecule has 0 bridgehead atoms. The molecule has 4 heterocycles. The van der Waals surface area contributed by atoms with Crippen molar-refractivity contribution in [2.24, 2.45) is 0 Å². The topological polar surface area (TPSA) is 103 Å². The molecule has 0 amide bonds. The van der Waals surface area contributed by atoms with Crippen molar-refractivity contribution in [1.82, 2.24) is 28.6 Å². The molecular formula is C16H22N6O4S. The van der Waals surface area contributed by atoms with Crippen LogP contribution in [-0.4, -0.2) is 82.5 Å². The molecule has 0 atom stereocenters. The third kappa shape index (κ3) is 4.10. The maximum atomic E-state index is 12.7. The van der Waals surface area contributed by atoms with Gasteiger partial charge in [0.05, 0.1) is 13.2 Å². The van der Waals surface area contributed by atoms with Gasteiger partial charge in [0.25, 0.3) is 10.2 Å². The molecule has 0 N–H and O–H groups in total. The van der Waals surface area contributed by atoms with Gasteiger partial charge in [-0.15, -0.1) is 10.2 Å². The molecule has 27 heavy (non-hydrogen) atoms. The summed E-state index contributed by atoms with van der Waals surface area (Å²) in [6.07, 6.45) is 4.61. The Morgan fingerprint density at radius 2 is 1.78 bits per heavy atom. The number of nitrogens with zero attached hydrogens (tertiary/aromatic N) is 6. The van der Waals surface area contributed by atoms with Crippen molar-refractivity contribution in [2.45, 2.75) is 18.9 Å². The van der Waals surface area contributed by atoms with Gasteiger partial charge in [0.2, 0.25) is 5.88 Å². The van der Waals surface area contributed by atoms with Gasteiger partial charge >= 0.3 is 0 Å². The minimum absolute atomic E-state index is 0.0778. The third-order valence-electron chi connectivity index (χ3n) is 4.68. The smallest absolute Gasteiger partial charge is 0.282 e. The first-order valence-corrected chi connectivity index (χ1v) is 10.4. The van der Waals surface area contributed by atoms with Gasteiger partial charge in [-0.2, -0.15) is 22.1 Å². The molecule has 2 aromatic rings. The zero-order valence-electron chi connectivity index (χ0n) is 14.8. The molecule has 2 aliphatic heterocycles. The highest BCUT2D eigenvalue weighted by Crippen LogP contribution is 2.21. The minimum atomic E-state index is -3.42. The second-order valence-corrected chi connectivity index (χ2v) is 8.34. The van der Waals surface area contributed by atoms with Crippen molar-refractivity contribution < 1.29 is 17.9 Å². The summed E-state index contributed by atoms with van der Waals surface area (Å²) in [4.78, 5) is 0. The van der Waals surface area contributed by atoms with Crippen molar-refractivity contribution in [3.8, 4) is 11.7 Å². The van der Waals surface area contributed by atoms with Gasteiger partial charge in [0.1, 0.15) is 6.10 Å². The lowest BCUT2D eigenvalue weighted by molar-refractivity contribution is 0.0675. The molecule has 0 saturated carbocycles.